The van der Waals surface area contributed by atoms with E-state index in [-0.39, 0.29) is 17.9 Å². The quantitative estimate of drug-likeness (QED) is 0.453. The molecule has 0 atom stereocenters. The molecular weight excluding hydrogens is 398 g/mol. The number of anilines is 1. The van der Waals surface area contributed by atoms with Gasteiger partial charge in [0.1, 0.15) is 12.1 Å². The van der Waals surface area contributed by atoms with Crippen molar-refractivity contribution in [2.45, 2.75) is 39.7 Å². The standard InChI is InChI=1S/C22H23N5O2S/c1-13-5-7-14(8-6-13)19-25-26-21(30)27(19)12-18(28)23-15-9-10-17-16(11-15)24-20(29-17)22(2,3)4/h5-11H,12H2,1-4H3,(H,23,28)(H,26,30). The third kappa shape index (κ3) is 4.04. The number of nitrogens with zero attached hydrogens (tertiary/aromatic N) is 3. The van der Waals surface area contributed by atoms with Gasteiger partial charge in [0.05, 0.1) is 0 Å². The van der Waals surface area contributed by atoms with Crippen molar-refractivity contribution in [3.8, 4) is 11.4 Å². The maximum atomic E-state index is 12.7. The highest BCUT2D eigenvalue weighted by molar-refractivity contribution is 7.71. The molecule has 0 radical (unpaired) electrons. The van der Waals surface area contributed by atoms with E-state index < -0.39 is 0 Å². The van der Waals surface area contributed by atoms with E-state index in [4.69, 9.17) is 16.6 Å². The molecule has 30 heavy (non-hydrogen) atoms. The van der Waals surface area contributed by atoms with Crippen molar-refractivity contribution in [3.05, 3.63) is 58.7 Å². The second-order valence-electron chi connectivity index (χ2n) is 8.30. The van der Waals surface area contributed by atoms with Crippen LogP contribution in [-0.4, -0.2) is 25.7 Å². The van der Waals surface area contributed by atoms with Crippen molar-refractivity contribution in [3.63, 3.8) is 0 Å². The summed E-state index contributed by atoms with van der Waals surface area (Å²) in [5, 5.41) is 9.97. The summed E-state index contributed by atoms with van der Waals surface area (Å²) >= 11 is 5.32. The minimum Gasteiger partial charge on any atom is -0.440 e. The number of hydrogen-bond acceptors (Lipinski definition) is 5. The van der Waals surface area contributed by atoms with Gasteiger partial charge in [0.2, 0.25) is 11.8 Å². The molecule has 2 aromatic carbocycles. The summed E-state index contributed by atoms with van der Waals surface area (Å²) in [4.78, 5) is 17.3. The molecule has 154 valence electrons. The Morgan fingerprint density at radius 3 is 2.63 bits per heavy atom. The van der Waals surface area contributed by atoms with Gasteiger partial charge in [0.15, 0.2) is 16.2 Å². The Labute approximate surface area is 179 Å². The third-order valence-electron chi connectivity index (χ3n) is 4.68. The fourth-order valence-corrected chi connectivity index (χ4v) is 3.25. The summed E-state index contributed by atoms with van der Waals surface area (Å²) in [5.41, 5.74) is 3.89. The lowest BCUT2D eigenvalue weighted by Crippen LogP contribution is -2.19. The van der Waals surface area contributed by atoms with Crippen molar-refractivity contribution < 1.29 is 9.21 Å². The molecule has 2 aromatic heterocycles. The number of amides is 1. The first-order chi connectivity index (χ1) is 14.2. The molecule has 0 bridgehead atoms. The predicted octanol–water partition coefficient (Wildman–Crippen LogP) is 4.99. The second kappa shape index (κ2) is 7.53. The zero-order valence-electron chi connectivity index (χ0n) is 17.3. The van der Waals surface area contributed by atoms with Crippen molar-refractivity contribution in [2.24, 2.45) is 0 Å². The average molecular weight is 422 g/mol. The second-order valence-corrected chi connectivity index (χ2v) is 8.69. The van der Waals surface area contributed by atoms with Gasteiger partial charge in [-0.05, 0) is 37.3 Å². The summed E-state index contributed by atoms with van der Waals surface area (Å²) in [6.07, 6.45) is 0. The SMILES string of the molecule is Cc1ccc(-c2n[nH]c(=S)n2CC(=O)Nc2ccc3oc(C(C)(C)C)nc3c2)cc1. The number of carbonyl (C=O) groups is 1. The van der Waals surface area contributed by atoms with Crippen LogP contribution in [0.2, 0.25) is 0 Å². The lowest BCUT2D eigenvalue weighted by atomic mass is 9.97. The largest absolute Gasteiger partial charge is 0.440 e. The van der Waals surface area contributed by atoms with Gasteiger partial charge in [-0.25, -0.2) is 4.98 Å². The molecule has 0 aliphatic carbocycles. The van der Waals surface area contributed by atoms with E-state index in [2.05, 4.69) is 20.5 Å². The molecule has 4 aromatic rings. The van der Waals surface area contributed by atoms with Gasteiger partial charge in [-0.2, -0.15) is 5.10 Å². The van der Waals surface area contributed by atoms with Crippen LogP contribution in [0.1, 0.15) is 32.2 Å². The summed E-state index contributed by atoms with van der Waals surface area (Å²) < 4.78 is 7.89. The number of H-pyrrole nitrogens is 1. The molecule has 0 fully saturated rings. The normalized spacial score (nSPS) is 11.7. The van der Waals surface area contributed by atoms with Gasteiger partial charge >= 0.3 is 0 Å². The zero-order valence-corrected chi connectivity index (χ0v) is 18.1. The number of benzene rings is 2. The molecule has 0 aliphatic heterocycles. The first-order valence-corrected chi connectivity index (χ1v) is 10.0. The molecular formula is C22H23N5O2S. The number of rotatable bonds is 4. The minimum atomic E-state index is -0.209. The molecule has 0 aliphatic rings. The molecule has 0 saturated heterocycles. The maximum Gasteiger partial charge on any atom is 0.244 e. The number of nitrogens with one attached hydrogen (secondary N) is 2. The average Bonchev–Trinajstić information content (AvgIpc) is 3.26. The maximum absolute atomic E-state index is 12.7. The smallest absolute Gasteiger partial charge is 0.244 e. The first-order valence-electron chi connectivity index (χ1n) is 9.64. The van der Waals surface area contributed by atoms with Crippen molar-refractivity contribution in [2.75, 3.05) is 5.32 Å². The highest BCUT2D eigenvalue weighted by Crippen LogP contribution is 2.27. The Morgan fingerprint density at radius 2 is 1.93 bits per heavy atom. The number of oxazole rings is 1. The Bertz CT molecular complexity index is 1280. The lowest BCUT2D eigenvalue weighted by molar-refractivity contribution is -0.116. The van der Waals surface area contributed by atoms with E-state index in [1.165, 1.54) is 0 Å². The summed E-state index contributed by atoms with van der Waals surface area (Å²) in [5.74, 6) is 1.07. The first kappa shape index (κ1) is 20.0. The van der Waals surface area contributed by atoms with E-state index in [1.807, 2.05) is 64.1 Å². The Balaban J connectivity index is 1.55. The highest BCUT2D eigenvalue weighted by Gasteiger charge is 2.21. The summed E-state index contributed by atoms with van der Waals surface area (Å²) in [7, 11) is 0. The topological polar surface area (TPSA) is 88.7 Å². The number of hydrogen-bond donors (Lipinski definition) is 2. The molecule has 1 amide bonds. The fraction of sp³-hybridized carbons (Fsp3) is 0.273. The van der Waals surface area contributed by atoms with Gasteiger partial charge in [0, 0.05) is 16.7 Å². The Kier molecular flexibility index (Phi) is 5.03. The van der Waals surface area contributed by atoms with Crippen molar-refractivity contribution in [1.29, 1.82) is 0 Å². The highest BCUT2D eigenvalue weighted by atomic mass is 32.1. The van der Waals surface area contributed by atoms with E-state index in [9.17, 15) is 4.79 Å². The van der Waals surface area contributed by atoms with Crippen LogP contribution in [0.15, 0.2) is 46.9 Å². The van der Waals surface area contributed by atoms with Gasteiger partial charge in [-0.3, -0.25) is 14.5 Å². The zero-order chi connectivity index (χ0) is 21.5. The predicted molar refractivity (Wildman–Crippen MR) is 119 cm³/mol. The monoisotopic (exact) mass is 421 g/mol. The van der Waals surface area contributed by atoms with Gasteiger partial charge in [-0.15, -0.1) is 0 Å². The minimum absolute atomic E-state index is 0.0443. The van der Waals surface area contributed by atoms with E-state index >= 15 is 0 Å². The van der Waals surface area contributed by atoms with Crippen molar-refractivity contribution in [1.82, 2.24) is 19.7 Å². The molecule has 0 unspecified atom stereocenters. The van der Waals surface area contributed by atoms with E-state index in [0.29, 0.717) is 33.3 Å². The molecule has 0 spiro atoms. The number of fused-ring (bicyclic) bond motifs is 1. The number of aryl methyl sites for hydroxylation is 1. The van der Waals surface area contributed by atoms with Crippen LogP contribution in [0.4, 0.5) is 5.69 Å². The van der Waals surface area contributed by atoms with Gasteiger partial charge < -0.3 is 9.73 Å². The van der Waals surface area contributed by atoms with Crippen LogP contribution in [0.25, 0.3) is 22.5 Å². The van der Waals surface area contributed by atoms with E-state index in [1.54, 1.807) is 10.6 Å². The number of carbonyl (C=O) groups excluding carboxylic acids is 1. The molecule has 2 heterocycles. The molecule has 7 nitrogen and oxygen atoms in total. The van der Waals surface area contributed by atoms with Crippen LogP contribution in [0, 0.1) is 11.7 Å². The molecule has 8 heteroatoms. The van der Waals surface area contributed by atoms with Gasteiger partial charge in [0.25, 0.3) is 0 Å². The van der Waals surface area contributed by atoms with Crippen LogP contribution in [0.5, 0.6) is 0 Å². The third-order valence-corrected chi connectivity index (χ3v) is 4.99. The van der Waals surface area contributed by atoms with Crippen molar-refractivity contribution >= 4 is 34.9 Å². The van der Waals surface area contributed by atoms with Gasteiger partial charge in [-0.1, -0.05) is 50.6 Å². The van der Waals surface area contributed by atoms with E-state index in [0.717, 1.165) is 11.1 Å². The molecule has 4 rings (SSSR count). The molecule has 0 saturated carbocycles. The number of aromatic nitrogens is 4. The lowest BCUT2D eigenvalue weighted by Gasteiger charge is -2.11. The fourth-order valence-electron chi connectivity index (χ4n) is 3.06. The number of aromatic amines is 1. The summed E-state index contributed by atoms with van der Waals surface area (Å²) in [6, 6.07) is 13.3. The molecule has 2 N–H and O–H groups in total. The van der Waals surface area contributed by atoms with Crippen LogP contribution >= 0.6 is 12.2 Å². The Morgan fingerprint density at radius 1 is 1.20 bits per heavy atom. The Hall–Kier alpha value is -3.26. The van der Waals surface area contributed by atoms with Crippen LogP contribution in [-0.2, 0) is 16.8 Å². The van der Waals surface area contributed by atoms with Crippen LogP contribution < -0.4 is 5.32 Å². The van der Waals surface area contributed by atoms with Crippen LogP contribution in [0.3, 0.4) is 0 Å². The summed E-state index contributed by atoms with van der Waals surface area (Å²) in [6.45, 7) is 8.19.